The van der Waals surface area contributed by atoms with Gasteiger partial charge in [-0.15, -0.1) is 0 Å². The number of pyridine rings is 1. The third-order valence-electron chi connectivity index (χ3n) is 5.24. The summed E-state index contributed by atoms with van der Waals surface area (Å²) < 4.78 is 0. The second-order valence-electron chi connectivity index (χ2n) is 7.16. The third kappa shape index (κ3) is 4.14. The molecule has 9 nitrogen and oxygen atoms in total. The van der Waals surface area contributed by atoms with Gasteiger partial charge in [-0.1, -0.05) is 12.1 Å². The molecule has 3 aromatic rings. The Balaban J connectivity index is 1.36. The molecule has 30 heavy (non-hydrogen) atoms. The van der Waals surface area contributed by atoms with Crippen LogP contribution in [-0.2, 0) is 11.3 Å². The third-order valence-corrected chi connectivity index (χ3v) is 5.24. The molecule has 1 aliphatic heterocycles. The number of hydrogen-bond donors (Lipinski definition) is 2. The molecule has 0 spiro atoms. The van der Waals surface area contributed by atoms with Crippen LogP contribution in [0.4, 0.5) is 5.69 Å². The molecular weight excluding hydrogens is 384 g/mol. The zero-order chi connectivity index (χ0) is 21.1. The van der Waals surface area contributed by atoms with E-state index in [0.29, 0.717) is 17.4 Å². The molecule has 0 radical (unpaired) electrons. The number of nitrogens with zero attached hydrogens (tertiary/aromatic N) is 4. The maximum atomic E-state index is 12.4. The van der Waals surface area contributed by atoms with Gasteiger partial charge in [0.1, 0.15) is 5.69 Å². The fourth-order valence-corrected chi connectivity index (χ4v) is 3.47. The molecule has 1 saturated heterocycles. The van der Waals surface area contributed by atoms with Crippen molar-refractivity contribution in [3.05, 3.63) is 64.5 Å². The number of amides is 2. The molecule has 0 bridgehead atoms. The van der Waals surface area contributed by atoms with E-state index in [1.165, 1.54) is 18.6 Å². The van der Waals surface area contributed by atoms with E-state index in [4.69, 9.17) is 0 Å². The SMILES string of the molecule is CC(=O)N1CCN(c2ccc(CNC(=O)c3cc4c(=O)[nH]cnc4cn3)cc2)CC1. The number of carbonyl (C=O) groups is 2. The molecular formula is C21H22N6O3. The summed E-state index contributed by atoms with van der Waals surface area (Å²) >= 11 is 0. The zero-order valence-electron chi connectivity index (χ0n) is 16.6. The van der Waals surface area contributed by atoms with Crippen molar-refractivity contribution < 1.29 is 9.59 Å². The first kappa shape index (κ1) is 19.6. The summed E-state index contributed by atoms with van der Waals surface area (Å²) in [5, 5.41) is 3.15. The van der Waals surface area contributed by atoms with E-state index in [1.807, 2.05) is 29.2 Å². The number of aromatic nitrogens is 3. The standard InChI is InChI=1S/C21H22N6O3/c1-14(28)26-6-8-27(9-7-26)16-4-2-15(3-5-16)11-23-21(30)18-10-17-19(12-22-18)24-13-25-20(17)29/h2-5,10,12-13H,6-9,11H2,1H3,(H,23,30)(H,24,25,29). The van der Waals surface area contributed by atoms with Gasteiger partial charge in [0.15, 0.2) is 0 Å². The van der Waals surface area contributed by atoms with Gasteiger partial charge >= 0.3 is 0 Å². The van der Waals surface area contributed by atoms with Gasteiger partial charge in [-0.3, -0.25) is 14.4 Å². The van der Waals surface area contributed by atoms with Gasteiger partial charge in [-0.2, -0.15) is 0 Å². The number of anilines is 1. The van der Waals surface area contributed by atoms with Crippen molar-refractivity contribution in [2.24, 2.45) is 0 Å². The van der Waals surface area contributed by atoms with Gasteiger partial charge in [-0.05, 0) is 23.8 Å². The van der Waals surface area contributed by atoms with Crippen molar-refractivity contribution in [2.75, 3.05) is 31.1 Å². The monoisotopic (exact) mass is 406 g/mol. The minimum atomic E-state index is -0.357. The molecule has 9 heteroatoms. The fraction of sp³-hybridized carbons (Fsp3) is 0.286. The molecule has 0 aliphatic carbocycles. The average molecular weight is 406 g/mol. The van der Waals surface area contributed by atoms with Crippen LogP contribution in [-0.4, -0.2) is 57.8 Å². The van der Waals surface area contributed by atoms with E-state index in [1.54, 1.807) is 6.92 Å². The van der Waals surface area contributed by atoms with Gasteiger partial charge < -0.3 is 20.1 Å². The van der Waals surface area contributed by atoms with Crippen LogP contribution in [0.5, 0.6) is 0 Å². The Labute approximate surface area is 172 Å². The largest absolute Gasteiger partial charge is 0.368 e. The number of hydrogen-bond acceptors (Lipinski definition) is 6. The quantitative estimate of drug-likeness (QED) is 0.666. The highest BCUT2D eigenvalue weighted by Gasteiger charge is 2.18. The number of piperazine rings is 1. The van der Waals surface area contributed by atoms with E-state index in [9.17, 15) is 14.4 Å². The lowest BCUT2D eigenvalue weighted by Crippen LogP contribution is -2.48. The molecule has 1 fully saturated rings. The molecule has 4 rings (SSSR count). The Bertz CT molecular complexity index is 1130. The van der Waals surface area contributed by atoms with Crippen LogP contribution in [0.2, 0.25) is 0 Å². The Kier molecular flexibility index (Phi) is 5.42. The summed E-state index contributed by atoms with van der Waals surface area (Å²) in [6.45, 7) is 5.00. The fourth-order valence-electron chi connectivity index (χ4n) is 3.47. The minimum absolute atomic E-state index is 0.113. The summed E-state index contributed by atoms with van der Waals surface area (Å²) in [7, 11) is 0. The average Bonchev–Trinajstić information content (AvgIpc) is 2.78. The molecule has 0 unspecified atom stereocenters. The van der Waals surface area contributed by atoms with Crippen LogP contribution in [0.3, 0.4) is 0 Å². The maximum absolute atomic E-state index is 12.4. The van der Waals surface area contributed by atoms with Crippen LogP contribution in [0.25, 0.3) is 10.9 Å². The molecule has 2 aromatic heterocycles. The Morgan fingerprint density at radius 1 is 1.10 bits per heavy atom. The number of aromatic amines is 1. The lowest BCUT2D eigenvalue weighted by Gasteiger charge is -2.35. The van der Waals surface area contributed by atoms with Crippen molar-refractivity contribution in [1.29, 1.82) is 0 Å². The number of benzene rings is 1. The molecule has 2 N–H and O–H groups in total. The second-order valence-corrected chi connectivity index (χ2v) is 7.16. The van der Waals surface area contributed by atoms with E-state index in [2.05, 4.69) is 25.2 Å². The van der Waals surface area contributed by atoms with Gasteiger partial charge in [0.2, 0.25) is 5.91 Å². The van der Waals surface area contributed by atoms with Crippen LogP contribution >= 0.6 is 0 Å². The molecule has 2 amide bonds. The normalized spacial score (nSPS) is 14.0. The highest BCUT2D eigenvalue weighted by Crippen LogP contribution is 2.17. The maximum Gasteiger partial charge on any atom is 0.270 e. The number of rotatable bonds is 4. The van der Waals surface area contributed by atoms with E-state index < -0.39 is 0 Å². The summed E-state index contributed by atoms with van der Waals surface area (Å²) in [4.78, 5) is 50.4. The first-order valence-corrected chi connectivity index (χ1v) is 9.72. The first-order valence-electron chi connectivity index (χ1n) is 9.72. The van der Waals surface area contributed by atoms with E-state index >= 15 is 0 Å². The predicted molar refractivity (Wildman–Crippen MR) is 112 cm³/mol. The van der Waals surface area contributed by atoms with Gasteiger partial charge in [0.25, 0.3) is 11.5 Å². The van der Waals surface area contributed by atoms with Crippen LogP contribution in [0.15, 0.2) is 47.7 Å². The Morgan fingerprint density at radius 3 is 2.53 bits per heavy atom. The van der Waals surface area contributed by atoms with Crippen LogP contribution in [0.1, 0.15) is 23.0 Å². The molecule has 1 aliphatic rings. The number of nitrogens with one attached hydrogen (secondary N) is 2. The Morgan fingerprint density at radius 2 is 1.83 bits per heavy atom. The smallest absolute Gasteiger partial charge is 0.270 e. The van der Waals surface area contributed by atoms with Crippen LogP contribution < -0.4 is 15.8 Å². The minimum Gasteiger partial charge on any atom is -0.368 e. The molecule has 0 atom stereocenters. The second kappa shape index (κ2) is 8.32. The summed E-state index contributed by atoms with van der Waals surface area (Å²) in [6.07, 6.45) is 2.72. The van der Waals surface area contributed by atoms with Gasteiger partial charge in [-0.25, -0.2) is 9.97 Å². The highest BCUT2D eigenvalue weighted by atomic mass is 16.2. The number of fused-ring (bicyclic) bond motifs is 1. The van der Waals surface area contributed by atoms with Crippen LogP contribution in [0, 0.1) is 0 Å². The van der Waals surface area contributed by atoms with Crippen molar-refractivity contribution in [3.63, 3.8) is 0 Å². The highest BCUT2D eigenvalue weighted by molar-refractivity contribution is 5.95. The topological polar surface area (TPSA) is 111 Å². The Hall–Kier alpha value is -3.75. The summed E-state index contributed by atoms with van der Waals surface area (Å²) in [5.41, 5.74) is 2.35. The predicted octanol–water partition coefficient (Wildman–Crippen LogP) is 0.917. The van der Waals surface area contributed by atoms with Gasteiger partial charge in [0, 0.05) is 45.3 Å². The molecule has 3 heterocycles. The zero-order valence-corrected chi connectivity index (χ0v) is 16.6. The van der Waals surface area contributed by atoms with E-state index in [-0.39, 0.29) is 23.1 Å². The number of H-pyrrole nitrogens is 1. The van der Waals surface area contributed by atoms with Gasteiger partial charge in [0.05, 0.1) is 23.4 Å². The van der Waals surface area contributed by atoms with Crippen molar-refractivity contribution in [2.45, 2.75) is 13.5 Å². The molecule has 154 valence electrons. The van der Waals surface area contributed by atoms with Crippen molar-refractivity contribution in [3.8, 4) is 0 Å². The summed E-state index contributed by atoms with van der Waals surface area (Å²) in [5.74, 6) is -0.243. The lowest BCUT2D eigenvalue weighted by molar-refractivity contribution is -0.129. The molecule has 1 aromatic carbocycles. The lowest BCUT2D eigenvalue weighted by atomic mass is 10.1. The van der Waals surface area contributed by atoms with Crippen molar-refractivity contribution >= 4 is 28.4 Å². The van der Waals surface area contributed by atoms with E-state index in [0.717, 1.165) is 37.4 Å². The summed E-state index contributed by atoms with van der Waals surface area (Å²) in [6, 6.07) is 9.42. The first-order chi connectivity index (χ1) is 14.5. The number of carbonyl (C=O) groups excluding carboxylic acids is 2. The van der Waals surface area contributed by atoms with Crippen molar-refractivity contribution in [1.82, 2.24) is 25.2 Å². The molecule has 0 saturated carbocycles.